The van der Waals surface area contributed by atoms with E-state index >= 15 is 0 Å². The van der Waals surface area contributed by atoms with Gasteiger partial charge in [0.15, 0.2) is 0 Å². The largest absolute Gasteiger partial charge is 0.349 e. The van der Waals surface area contributed by atoms with Gasteiger partial charge in [-0.15, -0.1) is 0 Å². The molecule has 1 aliphatic rings. The van der Waals surface area contributed by atoms with Crippen molar-refractivity contribution in [2.45, 2.75) is 45.1 Å². The van der Waals surface area contributed by atoms with Crippen molar-refractivity contribution in [1.29, 1.82) is 0 Å². The minimum atomic E-state index is -3.68. The number of nitrogens with zero attached hydrogens (tertiary/aromatic N) is 1. The fourth-order valence-electron chi connectivity index (χ4n) is 3.84. The first-order chi connectivity index (χ1) is 14.8. The number of para-hydroxylation sites is 2. The van der Waals surface area contributed by atoms with Crippen molar-refractivity contribution < 1.29 is 18.0 Å². The molecule has 2 amide bonds. The second kappa shape index (κ2) is 9.96. The molecule has 0 aromatic heterocycles. The van der Waals surface area contributed by atoms with Crippen LogP contribution < -0.4 is 14.9 Å². The lowest BCUT2D eigenvalue weighted by atomic mass is 9.95. The fourth-order valence-corrected chi connectivity index (χ4v) is 4.76. The summed E-state index contributed by atoms with van der Waals surface area (Å²) in [5.74, 6) is -0.756. The first kappa shape index (κ1) is 22.8. The zero-order valence-corrected chi connectivity index (χ0v) is 18.7. The summed E-state index contributed by atoms with van der Waals surface area (Å²) in [7, 11) is -3.68. The highest BCUT2D eigenvalue weighted by atomic mass is 32.2. The minimum Gasteiger partial charge on any atom is -0.349 e. The van der Waals surface area contributed by atoms with Crippen LogP contribution >= 0.6 is 0 Å². The molecular weight excluding hydrogens is 414 g/mol. The second-order valence-corrected chi connectivity index (χ2v) is 9.87. The Balaban J connectivity index is 1.75. The molecule has 2 aromatic rings. The number of hydrogen-bond acceptors (Lipinski definition) is 4. The van der Waals surface area contributed by atoms with E-state index in [-0.39, 0.29) is 18.5 Å². The summed E-state index contributed by atoms with van der Waals surface area (Å²) in [4.78, 5) is 25.6. The van der Waals surface area contributed by atoms with E-state index in [0.29, 0.717) is 16.9 Å². The SMILES string of the molecule is Cc1ccccc1N(CC(=O)Nc1ccccc1C(=O)NC1CCCCC1)S(C)(=O)=O. The summed E-state index contributed by atoms with van der Waals surface area (Å²) in [6.45, 7) is 1.40. The smallest absolute Gasteiger partial charge is 0.253 e. The third-order valence-corrected chi connectivity index (χ3v) is 6.58. The van der Waals surface area contributed by atoms with Gasteiger partial charge in [0.05, 0.1) is 23.2 Å². The van der Waals surface area contributed by atoms with Crippen molar-refractivity contribution in [3.63, 3.8) is 0 Å². The lowest BCUT2D eigenvalue weighted by Crippen LogP contribution is -2.39. The lowest BCUT2D eigenvalue weighted by molar-refractivity contribution is -0.114. The Morgan fingerprint density at radius 2 is 1.65 bits per heavy atom. The van der Waals surface area contributed by atoms with Gasteiger partial charge in [0.1, 0.15) is 6.54 Å². The highest BCUT2D eigenvalue weighted by Crippen LogP contribution is 2.23. The molecule has 1 saturated carbocycles. The summed E-state index contributed by atoms with van der Waals surface area (Å²) >= 11 is 0. The number of aryl methyl sites for hydroxylation is 1. The van der Waals surface area contributed by atoms with Crippen molar-refractivity contribution >= 4 is 33.2 Å². The van der Waals surface area contributed by atoms with Crippen molar-refractivity contribution in [2.75, 3.05) is 22.4 Å². The van der Waals surface area contributed by atoms with Crippen LogP contribution in [0.25, 0.3) is 0 Å². The maximum Gasteiger partial charge on any atom is 0.253 e. The number of benzene rings is 2. The zero-order valence-electron chi connectivity index (χ0n) is 17.9. The van der Waals surface area contributed by atoms with Crippen LogP contribution in [0.1, 0.15) is 48.0 Å². The molecule has 0 aliphatic heterocycles. The first-order valence-electron chi connectivity index (χ1n) is 10.5. The first-order valence-corrected chi connectivity index (χ1v) is 12.3. The average molecular weight is 444 g/mol. The Hall–Kier alpha value is -2.87. The molecule has 3 rings (SSSR count). The Morgan fingerprint density at radius 1 is 1.00 bits per heavy atom. The number of nitrogens with one attached hydrogen (secondary N) is 2. The minimum absolute atomic E-state index is 0.145. The molecule has 0 atom stereocenters. The normalized spacial score (nSPS) is 14.6. The van der Waals surface area contributed by atoms with Gasteiger partial charge in [0.2, 0.25) is 15.9 Å². The molecule has 0 heterocycles. The van der Waals surface area contributed by atoms with Gasteiger partial charge in [0, 0.05) is 6.04 Å². The number of rotatable bonds is 7. The number of sulfonamides is 1. The predicted octanol–water partition coefficient (Wildman–Crippen LogP) is 3.46. The van der Waals surface area contributed by atoms with Gasteiger partial charge in [0.25, 0.3) is 5.91 Å². The molecular formula is C23H29N3O4S. The van der Waals surface area contributed by atoms with Gasteiger partial charge >= 0.3 is 0 Å². The van der Waals surface area contributed by atoms with Crippen LogP contribution in [-0.4, -0.2) is 39.1 Å². The van der Waals surface area contributed by atoms with E-state index in [2.05, 4.69) is 10.6 Å². The summed E-state index contributed by atoms with van der Waals surface area (Å²) < 4.78 is 25.8. The van der Waals surface area contributed by atoms with Crippen molar-refractivity contribution in [3.8, 4) is 0 Å². The van der Waals surface area contributed by atoms with Gasteiger partial charge in [-0.25, -0.2) is 8.42 Å². The Labute approximate surface area is 183 Å². The van der Waals surface area contributed by atoms with Gasteiger partial charge in [-0.3, -0.25) is 13.9 Å². The van der Waals surface area contributed by atoms with E-state index in [9.17, 15) is 18.0 Å². The predicted molar refractivity (Wildman–Crippen MR) is 123 cm³/mol. The van der Waals surface area contributed by atoms with E-state index in [1.165, 1.54) is 6.42 Å². The molecule has 7 nitrogen and oxygen atoms in total. The zero-order chi connectivity index (χ0) is 22.4. The van der Waals surface area contributed by atoms with E-state index in [4.69, 9.17) is 0 Å². The van der Waals surface area contributed by atoms with Gasteiger partial charge < -0.3 is 10.6 Å². The Morgan fingerprint density at radius 3 is 2.32 bits per heavy atom. The van der Waals surface area contributed by atoms with E-state index in [0.717, 1.165) is 41.8 Å². The molecule has 1 aliphatic carbocycles. The molecule has 0 bridgehead atoms. The van der Waals surface area contributed by atoms with Gasteiger partial charge in [-0.05, 0) is 43.5 Å². The third kappa shape index (κ3) is 6.07. The van der Waals surface area contributed by atoms with Crippen LogP contribution in [0.5, 0.6) is 0 Å². The van der Waals surface area contributed by atoms with Crippen LogP contribution in [0.3, 0.4) is 0 Å². The van der Waals surface area contributed by atoms with E-state index in [1.54, 1.807) is 55.5 Å². The fraction of sp³-hybridized carbons (Fsp3) is 0.391. The van der Waals surface area contributed by atoms with Crippen LogP contribution in [0.2, 0.25) is 0 Å². The van der Waals surface area contributed by atoms with Crippen molar-refractivity contribution in [1.82, 2.24) is 5.32 Å². The summed E-state index contributed by atoms with van der Waals surface area (Å²) in [6, 6.07) is 13.9. The highest BCUT2D eigenvalue weighted by Gasteiger charge is 2.24. The number of carbonyl (C=O) groups excluding carboxylic acids is 2. The van der Waals surface area contributed by atoms with Gasteiger partial charge in [-0.2, -0.15) is 0 Å². The van der Waals surface area contributed by atoms with Crippen LogP contribution in [-0.2, 0) is 14.8 Å². The van der Waals surface area contributed by atoms with E-state index in [1.807, 2.05) is 0 Å². The molecule has 0 unspecified atom stereocenters. The quantitative estimate of drug-likeness (QED) is 0.685. The summed E-state index contributed by atoms with van der Waals surface area (Å²) in [5.41, 5.74) is 1.92. The van der Waals surface area contributed by atoms with Gasteiger partial charge in [-0.1, -0.05) is 49.6 Å². The number of hydrogen-bond donors (Lipinski definition) is 2. The lowest BCUT2D eigenvalue weighted by Gasteiger charge is -2.24. The molecule has 2 aromatic carbocycles. The number of anilines is 2. The topological polar surface area (TPSA) is 95.6 Å². The summed E-state index contributed by atoms with van der Waals surface area (Å²) in [6.07, 6.45) is 6.38. The van der Waals surface area contributed by atoms with Crippen LogP contribution in [0.15, 0.2) is 48.5 Å². The summed E-state index contributed by atoms with van der Waals surface area (Å²) in [5, 5.41) is 5.77. The van der Waals surface area contributed by atoms with Crippen LogP contribution in [0, 0.1) is 6.92 Å². The molecule has 0 spiro atoms. The maximum absolute atomic E-state index is 12.8. The number of carbonyl (C=O) groups is 2. The molecule has 8 heteroatoms. The molecule has 2 N–H and O–H groups in total. The molecule has 0 radical (unpaired) electrons. The van der Waals surface area contributed by atoms with Crippen LogP contribution in [0.4, 0.5) is 11.4 Å². The third-order valence-electron chi connectivity index (χ3n) is 5.46. The molecule has 166 valence electrons. The van der Waals surface area contributed by atoms with E-state index < -0.39 is 15.9 Å². The average Bonchev–Trinajstić information content (AvgIpc) is 2.73. The Kier molecular flexibility index (Phi) is 7.33. The standard InChI is InChI=1S/C23H29N3O4S/c1-17-10-6-9-15-21(17)26(31(2,29)30)16-22(27)25-20-14-8-7-13-19(20)23(28)24-18-11-4-3-5-12-18/h6-10,13-15,18H,3-5,11-12,16H2,1-2H3,(H,24,28)(H,25,27). The molecule has 1 fully saturated rings. The highest BCUT2D eigenvalue weighted by molar-refractivity contribution is 7.92. The Bertz CT molecular complexity index is 1050. The molecule has 0 saturated heterocycles. The number of amides is 2. The monoisotopic (exact) mass is 443 g/mol. The van der Waals surface area contributed by atoms with Crippen molar-refractivity contribution in [2.24, 2.45) is 0 Å². The second-order valence-electron chi connectivity index (χ2n) is 7.96. The maximum atomic E-state index is 12.8. The molecule has 31 heavy (non-hydrogen) atoms. The van der Waals surface area contributed by atoms with Crippen molar-refractivity contribution in [3.05, 3.63) is 59.7 Å².